The van der Waals surface area contributed by atoms with E-state index < -0.39 is 23.0 Å². The Morgan fingerprint density at radius 3 is 2.73 bits per heavy atom. The van der Waals surface area contributed by atoms with Gasteiger partial charge in [0.15, 0.2) is 11.5 Å². The average molecular weight is 456 g/mol. The minimum Gasteiger partial charge on any atom is -0.506 e. The Bertz CT molecular complexity index is 1100. The molecule has 1 aromatic rings. The molecule has 0 radical (unpaired) electrons. The van der Waals surface area contributed by atoms with Gasteiger partial charge in [-0.25, -0.2) is 4.79 Å². The molecule has 1 amide bonds. The van der Waals surface area contributed by atoms with Crippen molar-refractivity contribution in [3.05, 3.63) is 29.8 Å². The summed E-state index contributed by atoms with van der Waals surface area (Å²) < 4.78 is 11.0. The highest BCUT2D eigenvalue weighted by atomic mass is 16.5. The van der Waals surface area contributed by atoms with Gasteiger partial charge in [-0.05, 0) is 62.1 Å². The van der Waals surface area contributed by atoms with Crippen molar-refractivity contribution in [1.82, 2.24) is 0 Å². The van der Waals surface area contributed by atoms with Gasteiger partial charge in [0.2, 0.25) is 5.91 Å². The SMILES string of the molecule is COC(=O)c1ccc(O)c(NC(=O)CCC2(C)C(=O)C=C[C@]34CC5CC(OC5(C)C3)C24)c1O. The van der Waals surface area contributed by atoms with Gasteiger partial charge in [0.1, 0.15) is 17.0 Å². The van der Waals surface area contributed by atoms with Gasteiger partial charge in [-0.3, -0.25) is 9.59 Å². The lowest BCUT2D eigenvalue weighted by Gasteiger charge is -2.55. The van der Waals surface area contributed by atoms with Crippen LogP contribution >= 0.6 is 0 Å². The monoisotopic (exact) mass is 455 g/mol. The number of esters is 1. The molecule has 8 heteroatoms. The Morgan fingerprint density at radius 2 is 2.03 bits per heavy atom. The van der Waals surface area contributed by atoms with E-state index in [4.69, 9.17) is 4.74 Å². The summed E-state index contributed by atoms with van der Waals surface area (Å²) in [5.74, 6) is -1.67. The average Bonchev–Trinajstić information content (AvgIpc) is 3.13. The van der Waals surface area contributed by atoms with Crippen molar-refractivity contribution < 1.29 is 34.1 Å². The number of phenolic OH excluding ortho intramolecular Hbond substituents is 2. The predicted octanol–water partition coefficient (Wildman–Crippen LogP) is 3.32. The van der Waals surface area contributed by atoms with Crippen LogP contribution in [-0.4, -0.2) is 46.7 Å². The summed E-state index contributed by atoms with van der Waals surface area (Å²) >= 11 is 0. The summed E-state index contributed by atoms with van der Waals surface area (Å²) in [5.41, 5.74) is -1.36. The van der Waals surface area contributed by atoms with E-state index >= 15 is 0 Å². The van der Waals surface area contributed by atoms with Crippen LogP contribution in [0.4, 0.5) is 5.69 Å². The molecule has 6 atom stereocenters. The Kier molecular flexibility index (Phi) is 4.70. The number of hydrogen-bond donors (Lipinski definition) is 3. The number of allylic oxidation sites excluding steroid dienone is 2. The minimum atomic E-state index is -0.792. The van der Waals surface area contributed by atoms with Gasteiger partial charge in [0, 0.05) is 17.8 Å². The third-order valence-electron chi connectivity index (χ3n) is 8.61. The quantitative estimate of drug-likeness (QED) is 0.460. The highest BCUT2D eigenvalue weighted by Gasteiger charge is 2.71. The number of phenols is 2. The van der Waals surface area contributed by atoms with Gasteiger partial charge in [-0.2, -0.15) is 0 Å². The molecular formula is C25H29NO7. The molecule has 4 fully saturated rings. The van der Waals surface area contributed by atoms with Crippen molar-refractivity contribution in [1.29, 1.82) is 0 Å². The second kappa shape index (κ2) is 7.06. The molecule has 33 heavy (non-hydrogen) atoms. The molecule has 3 N–H and O–H groups in total. The van der Waals surface area contributed by atoms with E-state index in [9.17, 15) is 24.6 Å². The van der Waals surface area contributed by atoms with E-state index in [-0.39, 0.29) is 52.2 Å². The molecule has 1 spiro atoms. The number of ether oxygens (including phenoxy) is 2. The molecule has 6 rings (SSSR count). The minimum absolute atomic E-state index is 0.00635. The Morgan fingerprint density at radius 1 is 1.27 bits per heavy atom. The summed E-state index contributed by atoms with van der Waals surface area (Å²) in [7, 11) is 1.17. The predicted molar refractivity (Wildman–Crippen MR) is 118 cm³/mol. The van der Waals surface area contributed by atoms with E-state index in [1.165, 1.54) is 19.2 Å². The molecule has 2 saturated carbocycles. The maximum absolute atomic E-state index is 13.1. The Hall–Kier alpha value is -2.87. The van der Waals surface area contributed by atoms with Gasteiger partial charge < -0.3 is 25.0 Å². The van der Waals surface area contributed by atoms with Crippen LogP contribution < -0.4 is 5.32 Å². The van der Waals surface area contributed by atoms with Crippen molar-refractivity contribution in [2.24, 2.45) is 22.7 Å². The smallest absolute Gasteiger partial charge is 0.341 e. The molecule has 0 aromatic heterocycles. The summed E-state index contributed by atoms with van der Waals surface area (Å²) in [6.45, 7) is 4.11. The van der Waals surface area contributed by atoms with Crippen molar-refractivity contribution in [2.75, 3.05) is 12.4 Å². The van der Waals surface area contributed by atoms with E-state index in [1.54, 1.807) is 6.08 Å². The first-order valence-corrected chi connectivity index (χ1v) is 11.4. The zero-order chi connectivity index (χ0) is 23.8. The van der Waals surface area contributed by atoms with Crippen LogP contribution in [-0.2, 0) is 19.1 Å². The molecule has 3 aliphatic carbocycles. The van der Waals surface area contributed by atoms with Gasteiger partial charge in [0.25, 0.3) is 0 Å². The van der Waals surface area contributed by atoms with Gasteiger partial charge in [-0.15, -0.1) is 0 Å². The molecule has 5 unspecified atom stereocenters. The Labute approximate surface area is 192 Å². The van der Waals surface area contributed by atoms with E-state index in [2.05, 4.69) is 23.1 Å². The first-order chi connectivity index (χ1) is 15.5. The van der Waals surface area contributed by atoms with Crippen molar-refractivity contribution in [2.45, 2.75) is 57.7 Å². The number of carbonyl (C=O) groups excluding carboxylic acids is 3. The number of amides is 1. The summed E-state index contributed by atoms with van der Waals surface area (Å²) in [5, 5.41) is 23.0. The third kappa shape index (κ3) is 3.03. The van der Waals surface area contributed by atoms with Crippen molar-refractivity contribution in [3.63, 3.8) is 0 Å². The summed E-state index contributed by atoms with van der Waals surface area (Å²) in [4.78, 5) is 37.7. The maximum Gasteiger partial charge on any atom is 0.341 e. The normalized spacial score (nSPS) is 37.8. The highest BCUT2D eigenvalue weighted by molar-refractivity contribution is 6.01. The number of nitrogens with one attached hydrogen (secondary N) is 1. The number of hydrogen-bond acceptors (Lipinski definition) is 7. The van der Waals surface area contributed by atoms with Crippen LogP contribution in [0.3, 0.4) is 0 Å². The second-order valence-corrected chi connectivity index (χ2v) is 10.5. The first kappa shape index (κ1) is 21.9. The molecule has 5 aliphatic rings. The zero-order valence-corrected chi connectivity index (χ0v) is 19.0. The molecular weight excluding hydrogens is 426 g/mol. The maximum atomic E-state index is 13.1. The fourth-order valence-corrected chi connectivity index (χ4v) is 7.19. The van der Waals surface area contributed by atoms with Crippen LogP contribution in [0.2, 0.25) is 0 Å². The number of benzene rings is 1. The molecule has 1 aromatic carbocycles. The lowest BCUT2D eigenvalue weighted by atomic mass is 9.51. The van der Waals surface area contributed by atoms with Crippen molar-refractivity contribution >= 4 is 23.3 Å². The van der Waals surface area contributed by atoms with Crippen LogP contribution in [0, 0.1) is 22.7 Å². The lowest BCUT2D eigenvalue weighted by Crippen LogP contribution is -2.56. The number of carbonyl (C=O) groups is 3. The number of anilines is 1. The number of aromatic hydroxyl groups is 2. The summed E-state index contributed by atoms with van der Waals surface area (Å²) in [6.07, 6.45) is 7.00. The molecule has 2 aliphatic heterocycles. The van der Waals surface area contributed by atoms with E-state index in [1.807, 2.05) is 6.92 Å². The lowest BCUT2D eigenvalue weighted by molar-refractivity contribution is -0.169. The first-order valence-electron chi connectivity index (χ1n) is 11.4. The fourth-order valence-electron chi connectivity index (χ4n) is 7.19. The second-order valence-electron chi connectivity index (χ2n) is 10.5. The van der Waals surface area contributed by atoms with Crippen LogP contribution in [0.5, 0.6) is 11.5 Å². The van der Waals surface area contributed by atoms with Gasteiger partial charge in [-0.1, -0.05) is 13.0 Å². The number of ketones is 1. The van der Waals surface area contributed by atoms with E-state index in [0.717, 1.165) is 19.3 Å². The van der Waals surface area contributed by atoms with Crippen LogP contribution in [0.15, 0.2) is 24.3 Å². The standard InChI is InChI=1S/C25H29NO7/c1-23(8-7-18(29)26-19-15(27)5-4-14(20(19)30)22(31)32-3)17(28)6-9-25-11-13-10-16(21(23)25)33-24(13,2)12-25/h4-6,9,13,16,21,27,30H,7-8,10-12H2,1-3H3,(H,26,29)/t13?,16?,21?,23?,24?,25-/m0/s1. The largest absolute Gasteiger partial charge is 0.506 e. The van der Waals surface area contributed by atoms with Gasteiger partial charge in [0.05, 0.1) is 18.8 Å². The topological polar surface area (TPSA) is 122 Å². The number of rotatable bonds is 5. The molecule has 8 nitrogen and oxygen atoms in total. The molecule has 2 heterocycles. The molecule has 2 saturated heterocycles. The van der Waals surface area contributed by atoms with Crippen LogP contribution in [0.25, 0.3) is 0 Å². The van der Waals surface area contributed by atoms with Gasteiger partial charge >= 0.3 is 5.97 Å². The van der Waals surface area contributed by atoms with Crippen LogP contribution in [0.1, 0.15) is 56.3 Å². The molecule has 4 bridgehead atoms. The zero-order valence-electron chi connectivity index (χ0n) is 19.0. The van der Waals surface area contributed by atoms with E-state index in [0.29, 0.717) is 12.3 Å². The summed E-state index contributed by atoms with van der Waals surface area (Å²) in [6, 6.07) is 2.41. The fraction of sp³-hybridized carbons (Fsp3) is 0.560. The van der Waals surface area contributed by atoms with Crippen molar-refractivity contribution in [3.8, 4) is 11.5 Å². The number of methoxy groups -OCH3 is 1. The third-order valence-corrected chi connectivity index (χ3v) is 8.61. The Balaban J connectivity index is 1.35. The molecule has 176 valence electrons. The highest BCUT2D eigenvalue weighted by Crippen LogP contribution is 2.71.